The third kappa shape index (κ3) is 4.38. The zero-order valence-electron chi connectivity index (χ0n) is 19.8. The van der Waals surface area contributed by atoms with Gasteiger partial charge in [-0.25, -0.2) is 14.4 Å². The summed E-state index contributed by atoms with van der Waals surface area (Å²) in [5, 5.41) is 0.787. The van der Waals surface area contributed by atoms with Crippen LogP contribution in [0.2, 0.25) is 0 Å². The number of fused-ring (bicyclic) bond motifs is 1. The zero-order valence-corrected chi connectivity index (χ0v) is 20.6. The van der Waals surface area contributed by atoms with Crippen molar-refractivity contribution in [2.45, 2.75) is 43.5 Å². The van der Waals surface area contributed by atoms with Crippen LogP contribution in [-0.2, 0) is 10.8 Å². The first-order valence-corrected chi connectivity index (χ1v) is 13.4. The Morgan fingerprint density at radius 2 is 1.91 bits per heavy atom. The van der Waals surface area contributed by atoms with Crippen molar-refractivity contribution in [3.05, 3.63) is 72.4 Å². The Kier molecular flexibility index (Phi) is 6.47. The highest BCUT2D eigenvalue weighted by atomic mass is 32.2. The minimum Gasteiger partial charge on any atom is -0.336 e. The smallest absolute Gasteiger partial charge is 0.254 e. The summed E-state index contributed by atoms with van der Waals surface area (Å²) < 4.78 is 28.4. The number of amides is 1. The molecule has 3 heterocycles. The fourth-order valence-electron chi connectivity index (χ4n) is 4.86. The lowest BCUT2D eigenvalue weighted by Crippen LogP contribution is -2.43. The maximum Gasteiger partial charge on any atom is 0.254 e. The molecule has 1 fully saturated rings. The third-order valence-corrected chi connectivity index (χ3v) is 7.67. The van der Waals surface area contributed by atoms with Crippen molar-refractivity contribution in [1.29, 1.82) is 0 Å². The van der Waals surface area contributed by atoms with Crippen molar-refractivity contribution in [2.24, 2.45) is 0 Å². The Labute approximate surface area is 206 Å². The SMILES string of the molecule is CCC1CCCCN1C(=O)c1ccc2c(S(C)=O)cn(-c3ncc(-c4ccccc4F)cn3)c2c1. The normalized spacial score (nSPS) is 17.0. The van der Waals surface area contributed by atoms with Gasteiger partial charge >= 0.3 is 0 Å². The van der Waals surface area contributed by atoms with Crippen LogP contribution in [0.1, 0.15) is 43.0 Å². The molecule has 180 valence electrons. The minimum atomic E-state index is -1.24. The number of aromatic nitrogens is 3. The van der Waals surface area contributed by atoms with Crippen molar-refractivity contribution in [1.82, 2.24) is 19.4 Å². The van der Waals surface area contributed by atoms with E-state index >= 15 is 0 Å². The molecular weight excluding hydrogens is 463 g/mol. The van der Waals surface area contributed by atoms with Crippen molar-refractivity contribution in [2.75, 3.05) is 12.8 Å². The van der Waals surface area contributed by atoms with E-state index in [0.29, 0.717) is 33.1 Å². The average molecular weight is 491 g/mol. The highest BCUT2D eigenvalue weighted by Gasteiger charge is 2.27. The minimum absolute atomic E-state index is 0.0150. The highest BCUT2D eigenvalue weighted by Crippen LogP contribution is 2.29. The van der Waals surface area contributed by atoms with Gasteiger partial charge in [-0.2, -0.15) is 0 Å². The number of nitrogens with zero attached hydrogens (tertiary/aromatic N) is 4. The zero-order chi connectivity index (χ0) is 24.5. The van der Waals surface area contributed by atoms with E-state index in [2.05, 4.69) is 16.9 Å². The number of likely N-dealkylation sites (tertiary alicyclic amines) is 1. The maximum atomic E-state index is 14.2. The van der Waals surface area contributed by atoms with E-state index in [4.69, 9.17) is 0 Å². The molecule has 2 unspecified atom stereocenters. The van der Waals surface area contributed by atoms with Crippen LogP contribution in [0.5, 0.6) is 0 Å². The average Bonchev–Trinajstić information content (AvgIpc) is 3.28. The van der Waals surface area contributed by atoms with E-state index in [-0.39, 0.29) is 17.8 Å². The second-order valence-corrected chi connectivity index (χ2v) is 10.2. The van der Waals surface area contributed by atoms with Crippen molar-refractivity contribution in [3.8, 4) is 17.1 Å². The van der Waals surface area contributed by atoms with Gasteiger partial charge in [0.15, 0.2) is 0 Å². The van der Waals surface area contributed by atoms with Crippen LogP contribution in [0, 0.1) is 5.82 Å². The summed E-state index contributed by atoms with van der Waals surface area (Å²) in [6.07, 6.45) is 10.7. The summed E-state index contributed by atoms with van der Waals surface area (Å²) in [6, 6.07) is 12.2. The fourth-order valence-corrected chi connectivity index (χ4v) is 5.60. The van der Waals surface area contributed by atoms with Crippen LogP contribution in [-0.4, -0.2) is 48.4 Å². The Morgan fingerprint density at radius 1 is 1.14 bits per heavy atom. The molecule has 8 heteroatoms. The molecule has 35 heavy (non-hydrogen) atoms. The first kappa shape index (κ1) is 23.4. The monoisotopic (exact) mass is 490 g/mol. The molecule has 0 radical (unpaired) electrons. The Morgan fingerprint density at radius 3 is 2.63 bits per heavy atom. The molecular formula is C27H27FN4O2S. The lowest BCUT2D eigenvalue weighted by atomic mass is 9.98. The maximum absolute atomic E-state index is 14.2. The van der Waals surface area contributed by atoms with Gasteiger partial charge in [0.2, 0.25) is 5.95 Å². The summed E-state index contributed by atoms with van der Waals surface area (Å²) in [4.78, 5) is 25.0. The highest BCUT2D eigenvalue weighted by molar-refractivity contribution is 7.84. The quantitative estimate of drug-likeness (QED) is 0.377. The number of rotatable bonds is 5. The van der Waals surface area contributed by atoms with Gasteiger partial charge in [0.1, 0.15) is 5.82 Å². The van der Waals surface area contributed by atoms with Gasteiger partial charge in [-0.05, 0) is 43.9 Å². The Balaban J connectivity index is 1.57. The van der Waals surface area contributed by atoms with Gasteiger partial charge in [0.05, 0.1) is 21.2 Å². The van der Waals surface area contributed by atoms with Crippen LogP contribution in [0.15, 0.2) is 66.0 Å². The molecule has 6 nitrogen and oxygen atoms in total. The van der Waals surface area contributed by atoms with E-state index in [9.17, 15) is 13.4 Å². The van der Waals surface area contributed by atoms with Gasteiger partial charge in [-0.1, -0.05) is 31.2 Å². The van der Waals surface area contributed by atoms with Gasteiger partial charge in [0.25, 0.3) is 5.91 Å². The molecule has 1 amide bonds. The summed E-state index contributed by atoms with van der Waals surface area (Å²) >= 11 is 0. The lowest BCUT2D eigenvalue weighted by molar-refractivity contribution is 0.0608. The Hall–Kier alpha value is -3.39. The molecule has 4 aromatic rings. The standard InChI is InChI=1S/C27H27FN4O2S/c1-3-20-8-6-7-13-31(20)26(33)18-11-12-22-24(14-18)32(17-25(22)35(2)34)27-29-15-19(16-30-27)21-9-4-5-10-23(21)28/h4-5,9-12,14-17,20H,3,6-8,13H2,1-2H3. The molecule has 0 aliphatic carbocycles. The summed E-state index contributed by atoms with van der Waals surface area (Å²) in [5.74, 6) is 0.0344. The van der Waals surface area contributed by atoms with E-state index < -0.39 is 10.8 Å². The molecule has 0 spiro atoms. The van der Waals surface area contributed by atoms with E-state index in [0.717, 1.165) is 37.6 Å². The number of halogens is 1. The number of carbonyl (C=O) groups excluding carboxylic acids is 1. The summed E-state index contributed by atoms with van der Waals surface area (Å²) in [6.45, 7) is 2.89. The summed E-state index contributed by atoms with van der Waals surface area (Å²) in [7, 11) is -1.24. The number of piperidine rings is 1. The van der Waals surface area contributed by atoms with Crippen molar-refractivity contribution < 1.29 is 13.4 Å². The topological polar surface area (TPSA) is 68.1 Å². The van der Waals surface area contributed by atoms with Crippen LogP contribution in [0.4, 0.5) is 4.39 Å². The lowest BCUT2D eigenvalue weighted by Gasteiger charge is -2.35. The second kappa shape index (κ2) is 9.70. The molecule has 1 saturated heterocycles. The molecule has 1 aliphatic heterocycles. The molecule has 0 N–H and O–H groups in total. The summed E-state index contributed by atoms with van der Waals surface area (Å²) in [5.41, 5.74) is 2.29. The molecule has 1 aliphatic rings. The number of hydrogen-bond acceptors (Lipinski definition) is 4. The number of hydrogen-bond donors (Lipinski definition) is 0. The van der Waals surface area contributed by atoms with Crippen LogP contribution in [0.25, 0.3) is 28.0 Å². The van der Waals surface area contributed by atoms with Gasteiger partial charge in [-0.15, -0.1) is 0 Å². The van der Waals surface area contributed by atoms with E-state index in [1.807, 2.05) is 23.1 Å². The van der Waals surface area contributed by atoms with Gasteiger partial charge in [0, 0.05) is 59.5 Å². The van der Waals surface area contributed by atoms with Crippen molar-refractivity contribution >= 4 is 27.6 Å². The predicted octanol–water partition coefficient (Wildman–Crippen LogP) is 5.37. The molecule has 2 aromatic heterocycles. The molecule has 0 bridgehead atoms. The van der Waals surface area contributed by atoms with Crippen LogP contribution < -0.4 is 0 Å². The number of carbonyl (C=O) groups is 1. The molecule has 5 rings (SSSR count). The second-order valence-electron chi connectivity index (χ2n) is 8.86. The fraction of sp³-hybridized carbons (Fsp3) is 0.296. The third-order valence-electron chi connectivity index (χ3n) is 6.72. The van der Waals surface area contributed by atoms with E-state index in [1.165, 1.54) is 6.07 Å². The van der Waals surface area contributed by atoms with Crippen LogP contribution >= 0.6 is 0 Å². The van der Waals surface area contributed by atoms with Crippen LogP contribution in [0.3, 0.4) is 0 Å². The molecule has 2 atom stereocenters. The predicted molar refractivity (Wildman–Crippen MR) is 136 cm³/mol. The van der Waals surface area contributed by atoms with Crippen molar-refractivity contribution in [3.63, 3.8) is 0 Å². The van der Waals surface area contributed by atoms with Gasteiger partial charge in [-0.3, -0.25) is 13.6 Å². The molecule has 0 saturated carbocycles. The first-order valence-electron chi connectivity index (χ1n) is 11.8. The number of benzene rings is 2. The van der Waals surface area contributed by atoms with Gasteiger partial charge < -0.3 is 4.90 Å². The first-order chi connectivity index (χ1) is 17.0. The van der Waals surface area contributed by atoms with E-state index in [1.54, 1.807) is 47.6 Å². The Bertz CT molecular complexity index is 1420. The largest absolute Gasteiger partial charge is 0.336 e. The molecule has 2 aromatic carbocycles.